The van der Waals surface area contributed by atoms with E-state index in [9.17, 15) is 0 Å². The second-order valence-electron chi connectivity index (χ2n) is 5.91. The second-order valence-corrected chi connectivity index (χ2v) is 5.91. The molecule has 0 atom stereocenters. The predicted molar refractivity (Wildman–Crippen MR) is 95.3 cm³/mol. The minimum Gasteiger partial charge on any atom is -0.369 e. The molecule has 1 rings (SSSR count). The van der Waals surface area contributed by atoms with Crippen molar-refractivity contribution in [2.45, 2.75) is 72.3 Å². The highest BCUT2D eigenvalue weighted by Crippen LogP contribution is 2.24. The summed E-state index contributed by atoms with van der Waals surface area (Å²) in [5, 5.41) is 0. The van der Waals surface area contributed by atoms with Gasteiger partial charge in [0, 0.05) is 18.3 Å². The van der Waals surface area contributed by atoms with Crippen molar-refractivity contribution in [1.29, 1.82) is 0 Å². The van der Waals surface area contributed by atoms with Crippen LogP contribution >= 0.6 is 0 Å². The van der Waals surface area contributed by atoms with Gasteiger partial charge in [-0.25, -0.2) is 0 Å². The fourth-order valence-electron chi connectivity index (χ4n) is 3.18. The highest BCUT2D eigenvalue weighted by Gasteiger charge is 2.17. The Morgan fingerprint density at radius 2 is 1.81 bits per heavy atom. The molecule has 0 radical (unpaired) electrons. The molecule has 0 spiro atoms. The van der Waals surface area contributed by atoms with E-state index >= 15 is 0 Å². The monoisotopic (exact) mass is 287 g/mol. The number of hydrogen-bond acceptors (Lipinski definition) is 1. The zero-order valence-electron chi connectivity index (χ0n) is 14.5. The molecule has 0 heterocycles. The number of nitrogens with zero attached hydrogens (tertiary/aromatic N) is 1. The highest BCUT2D eigenvalue weighted by atomic mass is 15.2. The van der Waals surface area contributed by atoms with Gasteiger partial charge in [0.1, 0.15) is 0 Å². The van der Waals surface area contributed by atoms with Gasteiger partial charge in [-0.2, -0.15) is 0 Å². The smallest absolute Gasteiger partial charge is 0.0368 e. The summed E-state index contributed by atoms with van der Waals surface area (Å²) >= 11 is 0. The lowest BCUT2D eigenvalue weighted by Crippen LogP contribution is -2.34. The second kappa shape index (κ2) is 9.65. The molecule has 0 aliphatic heterocycles. The lowest BCUT2D eigenvalue weighted by atomic mass is 9.97. The zero-order chi connectivity index (χ0) is 15.7. The Hall–Kier alpha value is -1.24. The van der Waals surface area contributed by atoms with Crippen molar-refractivity contribution < 1.29 is 0 Å². The maximum atomic E-state index is 4.07. The van der Waals surface area contributed by atoms with Crippen LogP contribution in [0, 0.1) is 0 Å². The van der Waals surface area contributed by atoms with Crippen LogP contribution in [0.3, 0.4) is 0 Å². The molecule has 0 unspecified atom stereocenters. The van der Waals surface area contributed by atoms with Gasteiger partial charge in [0.2, 0.25) is 0 Å². The van der Waals surface area contributed by atoms with Gasteiger partial charge >= 0.3 is 0 Å². The molecule has 0 amide bonds. The number of allylic oxidation sites excluding steroid dienone is 6. The van der Waals surface area contributed by atoms with Gasteiger partial charge in [-0.15, -0.1) is 0 Å². The Morgan fingerprint density at radius 3 is 2.29 bits per heavy atom. The molecule has 0 aromatic rings. The summed E-state index contributed by atoms with van der Waals surface area (Å²) in [4.78, 5) is 2.54. The van der Waals surface area contributed by atoms with Crippen LogP contribution in [0.15, 0.2) is 47.7 Å². The van der Waals surface area contributed by atoms with Crippen molar-refractivity contribution in [2.24, 2.45) is 0 Å². The molecule has 1 aliphatic rings. The maximum Gasteiger partial charge on any atom is 0.0368 e. The van der Waals surface area contributed by atoms with E-state index in [0.717, 1.165) is 13.0 Å². The zero-order valence-corrected chi connectivity index (χ0v) is 14.5. The van der Waals surface area contributed by atoms with Gasteiger partial charge in [-0.3, -0.25) is 0 Å². The van der Waals surface area contributed by atoms with E-state index in [1.165, 1.54) is 48.9 Å². The Bertz CT molecular complexity index is 406. The molecule has 1 nitrogen and oxygen atoms in total. The normalized spacial score (nSPS) is 15.8. The van der Waals surface area contributed by atoms with Crippen LogP contribution in [0.1, 0.15) is 66.2 Å². The number of likely N-dealkylation sites (N-methyl/N-ethyl adjacent to an activating group) is 1. The molecule has 1 heteroatoms. The van der Waals surface area contributed by atoms with Gasteiger partial charge in [0.05, 0.1) is 0 Å². The Kier molecular flexibility index (Phi) is 8.19. The summed E-state index contributed by atoms with van der Waals surface area (Å²) in [6, 6.07) is 0.641. The van der Waals surface area contributed by atoms with Crippen molar-refractivity contribution in [3.63, 3.8) is 0 Å². The first-order valence-corrected chi connectivity index (χ1v) is 8.65. The molecule has 0 saturated carbocycles. The van der Waals surface area contributed by atoms with Crippen molar-refractivity contribution in [2.75, 3.05) is 6.54 Å². The van der Waals surface area contributed by atoms with Crippen molar-refractivity contribution in [1.82, 2.24) is 4.90 Å². The van der Waals surface area contributed by atoms with Crippen LogP contribution in [-0.4, -0.2) is 17.5 Å². The van der Waals surface area contributed by atoms with Gasteiger partial charge in [0.15, 0.2) is 0 Å². The van der Waals surface area contributed by atoms with Crippen molar-refractivity contribution >= 4 is 0 Å². The standard InChI is InChI=1S/C20H33N/c1-6-12-20(13-7-2)21(9-4)19(8-3)16-18-15-11-10-14-17(18)5/h8,14-16,20H,3,6-7,9-13H2,1-2,4-5H3/b19-16+. The van der Waals surface area contributed by atoms with E-state index in [1.54, 1.807) is 0 Å². The largest absolute Gasteiger partial charge is 0.369 e. The fourth-order valence-corrected chi connectivity index (χ4v) is 3.18. The lowest BCUT2D eigenvalue weighted by Gasteiger charge is -2.34. The van der Waals surface area contributed by atoms with E-state index in [4.69, 9.17) is 0 Å². The molecule has 0 aromatic heterocycles. The van der Waals surface area contributed by atoms with Crippen molar-refractivity contribution in [3.05, 3.63) is 47.7 Å². The molecule has 21 heavy (non-hydrogen) atoms. The first kappa shape index (κ1) is 17.8. The molecule has 0 bridgehead atoms. The summed E-state index contributed by atoms with van der Waals surface area (Å²) in [6.07, 6.45) is 16.4. The van der Waals surface area contributed by atoms with Gasteiger partial charge in [-0.1, -0.05) is 45.4 Å². The average molecular weight is 287 g/mol. The number of rotatable bonds is 9. The van der Waals surface area contributed by atoms with Gasteiger partial charge in [0.25, 0.3) is 0 Å². The molecular weight excluding hydrogens is 254 g/mol. The summed E-state index contributed by atoms with van der Waals surface area (Å²) < 4.78 is 0. The van der Waals surface area contributed by atoms with Gasteiger partial charge < -0.3 is 4.90 Å². The highest BCUT2D eigenvalue weighted by molar-refractivity contribution is 5.43. The minimum atomic E-state index is 0.641. The van der Waals surface area contributed by atoms with Crippen LogP contribution in [-0.2, 0) is 0 Å². The first-order valence-electron chi connectivity index (χ1n) is 8.65. The molecule has 1 aliphatic carbocycles. The van der Waals surface area contributed by atoms with E-state index in [-0.39, 0.29) is 0 Å². The number of hydrogen-bond donors (Lipinski definition) is 0. The third-order valence-electron chi connectivity index (χ3n) is 4.31. The molecular formula is C20H33N. The summed E-state index contributed by atoms with van der Waals surface area (Å²) in [7, 11) is 0. The maximum absolute atomic E-state index is 4.07. The molecule has 0 saturated heterocycles. The summed E-state index contributed by atoms with van der Waals surface area (Å²) in [5.74, 6) is 0. The quantitative estimate of drug-likeness (QED) is 0.469. The third-order valence-corrected chi connectivity index (χ3v) is 4.31. The van der Waals surface area contributed by atoms with E-state index < -0.39 is 0 Å². The van der Waals surface area contributed by atoms with Crippen molar-refractivity contribution in [3.8, 4) is 0 Å². The third kappa shape index (κ3) is 5.22. The molecule has 118 valence electrons. The van der Waals surface area contributed by atoms with Crippen LogP contribution in [0.2, 0.25) is 0 Å². The Morgan fingerprint density at radius 1 is 1.19 bits per heavy atom. The first-order chi connectivity index (χ1) is 10.2. The SMILES string of the molecule is C=C/C(=C\C1=CCCC=C1C)N(CC)C(CCC)CCC. The van der Waals surface area contributed by atoms with E-state index in [2.05, 4.69) is 57.4 Å². The topological polar surface area (TPSA) is 3.24 Å². The van der Waals surface area contributed by atoms with Crippen LogP contribution in [0.4, 0.5) is 0 Å². The molecule has 0 fully saturated rings. The molecule has 0 aromatic carbocycles. The summed E-state index contributed by atoms with van der Waals surface area (Å²) in [6.45, 7) is 14.2. The average Bonchev–Trinajstić information content (AvgIpc) is 2.49. The van der Waals surface area contributed by atoms with Gasteiger partial charge in [-0.05, 0) is 62.8 Å². The van der Waals surface area contributed by atoms with E-state index in [1.807, 2.05) is 6.08 Å². The van der Waals surface area contributed by atoms with Crippen LogP contribution in [0.25, 0.3) is 0 Å². The van der Waals surface area contributed by atoms with E-state index in [0.29, 0.717) is 6.04 Å². The predicted octanol–water partition coefficient (Wildman–Crippen LogP) is 6.01. The Labute approximate surface area is 132 Å². The van der Waals surface area contributed by atoms with Crippen LogP contribution in [0.5, 0.6) is 0 Å². The Balaban J connectivity index is 3.00. The summed E-state index contributed by atoms with van der Waals surface area (Å²) in [5.41, 5.74) is 4.06. The lowest BCUT2D eigenvalue weighted by molar-refractivity contribution is 0.242. The molecule has 0 N–H and O–H groups in total. The van der Waals surface area contributed by atoms with Crippen LogP contribution < -0.4 is 0 Å². The minimum absolute atomic E-state index is 0.641. The fraction of sp³-hybridized carbons (Fsp3) is 0.600.